The molecule has 0 saturated carbocycles. The number of carbonyl (C=O) groups excluding carboxylic acids is 1. The van der Waals surface area contributed by atoms with Crippen molar-refractivity contribution >= 4 is 21.6 Å². The molecule has 0 aliphatic carbocycles. The predicted octanol–water partition coefficient (Wildman–Crippen LogP) is 1.86. The Morgan fingerprint density at radius 1 is 1.24 bits per heavy atom. The number of nitrogens with zero attached hydrogens (tertiary/aromatic N) is 5. The van der Waals surface area contributed by atoms with E-state index in [0.717, 1.165) is 28.3 Å². The highest BCUT2D eigenvalue weighted by Crippen LogP contribution is 2.21. The van der Waals surface area contributed by atoms with E-state index in [4.69, 9.17) is 0 Å². The Morgan fingerprint density at radius 2 is 1.90 bits per heavy atom. The van der Waals surface area contributed by atoms with E-state index in [0.29, 0.717) is 38.8 Å². The quantitative estimate of drug-likeness (QED) is 0.710. The second-order valence-corrected chi connectivity index (χ2v) is 10.2. The molecule has 1 saturated heterocycles. The standard InChI is InChI=1S/C20H31N5O3S/c1-6-29(27,28)23(5)17-9-11-24(12-10-17)20(26)8-7-18-15(3)21-19-13-14(2)22-25(19)16(18)4/h13,17H,6-12H2,1-5H3. The molecule has 0 bridgehead atoms. The summed E-state index contributed by atoms with van der Waals surface area (Å²) in [6.07, 6.45) is 2.41. The molecule has 0 N–H and O–H groups in total. The summed E-state index contributed by atoms with van der Waals surface area (Å²) in [5.41, 5.74) is 4.79. The lowest BCUT2D eigenvalue weighted by Gasteiger charge is -2.36. The van der Waals surface area contributed by atoms with Crippen molar-refractivity contribution in [2.45, 2.75) is 59.4 Å². The molecule has 0 unspecified atom stereocenters. The maximum atomic E-state index is 12.7. The van der Waals surface area contributed by atoms with Gasteiger partial charge in [0.25, 0.3) is 0 Å². The number of aryl methyl sites for hydroxylation is 3. The van der Waals surface area contributed by atoms with Crippen LogP contribution in [0.15, 0.2) is 6.07 Å². The number of hydrogen-bond acceptors (Lipinski definition) is 5. The lowest BCUT2D eigenvalue weighted by molar-refractivity contribution is -0.132. The number of aromatic nitrogens is 3. The molecule has 3 heterocycles. The van der Waals surface area contributed by atoms with E-state index in [1.165, 1.54) is 4.31 Å². The molecule has 8 nitrogen and oxygen atoms in total. The Kier molecular flexibility index (Phi) is 6.28. The van der Waals surface area contributed by atoms with Crippen molar-refractivity contribution in [3.05, 3.63) is 28.7 Å². The van der Waals surface area contributed by atoms with Gasteiger partial charge in [-0.15, -0.1) is 0 Å². The molecule has 3 rings (SSSR count). The molecule has 1 aliphatic rings. The van der Waals surface area contributed by atoms with Gasteiger partial charge in [-0.3, -0.25) is 4.79 Å². The van der Waals surface area contributed by atoms with Gasteiger partial charge in [0.05, 0.1) is 11.4 Å². The van der Waals surface area contributed by atoms with Gasteiger partial charge in [-0.1, -0.05) is 0 Å². The number of likely N-dealkylation sites (tertiary alicyclic amines) is 1. The van der Waals surface area contributed by atoms with Crippen LogP contribution in [-0.4, -0.2) is 70.1 Å². The summed E-state index contributed by atoms with van der Waals surface area (Å²) in [5.74, 6) is 0.218. The number of piperidine rings is 1. The van der Waals surface area contributed by atoms with Crippen LogP contribution in [0.25, 0.3) is 5.65 Å². The van der Waals surface area contributed by atoms with Crippen molar-refractivity contribution in [1.82, 2.24) is 23.8 Å². The second kappa shape index (κ2) is 8.39. The van der Waals surface area contributed by atoms with Crippen molar-refractivity contribution < 1.29 is 13.2 Å². The average molecular weight is 422 g/mol. The first-order valence-electron chi connectivity index (χ1n) is 10.2. The summed E-state index contributed by atoms with van der Waals surface area (Å²) < 4.78 is 27.5. The van der Waals surface area contributed by atoms with Crippen LogP contribution in [0, 0.1) is 20.8 Å². The van der Waals surface area contributed by atoms with Crippen molar-refractivity contribution in [2.24, 2.45) is 0 Å². The molecule has 0 radical (unpaired) electrons. The van der Waals surface area contributed by atoms with Gasteiger partial charge >= 0.3 is 0 Å². The molecule has 0 spiro atoms. The average Bonchev–Trinajstić information content (AvgIpc) is 3.07. The van der Waals surface area contributed by atoms with Crippen LogP contribution in [-0.2, 0) is 21.2 Å². The van der Waals surface area contributed by atoms with Crippen LogP contribution in [0.3, 0.4) is 0 Å². The zero-order chi connectivity index (χ0) is 21.3. The van der Waals surface area contributed by atoms with E-state index in [1.807, 2.05) is 36.3 Å². The smallest absolute Gasteiger partial charge is 0.222 e. The first-order valence-corrected chi connectivity index (χ1v) is 11.8. The highest BCUT2D eigenvalue weighted by Gasteiger charge is 2.30. The molecule has 1 fully saturated rings. The highest BCUT2D eigenvalue weighted by molar-refractivity contribution is 7.89. The molecule has 0 aromatic carbocycles. The number of hydrogen-bond donors (Lipinski definition) is 0. The normalized spacial score (nSPS) is 16.1. The summed E-state index contributed by atoms with van der Waals surface area (Å²) in [6.45, 7) is 8.79. The Hall–Kier alpha value is -2.00. The maximum absolute atomic E-state index is 12.7. The monoisotopic (exact) mass is 421 g/mol. The van der Waals surface area contributed by atoms with E-state index in [2.05, 4.69) is 10.1 Å². The van der Waals surface area contributed by atoms with Crippen molar-refractivity contribution in [1.29, 1.82) is 0 Å². The third kappa shape index (κ3) is 4.45. The van der Waals surface area contributed by atoms with Gasteiger partial charge < -0.3 is 4.90 Å². The number of sulfonamides is 1. The molecular weight excluding hydrogens is 390 g/mol. The van der Waals surface area contributed by atoms with Crippen LogP contribution in [0.4, 0.5) is 0 Å². The topological polar surface area (TPSA) is 87.9 Å². The van der Waals surface area contributed by atoms with E-state index in [1.54, 1.807) is 14.0 Å². The Labute approximate surface area is 173 Å². The van der Waals surface area contributed by atoms with Gasteiger partial charge in [-0.2, -0.15) is 5.10 Å². The van der Waals surface area contributed by atoms with Gasteiger partial charge in [0.2, 0.25) is 15.9 Å². The summed E-state index contributed by atoms with van der Waals surface area (Å²) in [5, 5.41) is 4.49. The first kappa shape index (κ1) is 21.7. The number of amides is 1. The fourth-order valence-electron chi connectivity index (χ4n) is 4.10. The van der Waals surface area contributed by atoms with Crippen LogP contribution in [0.5, 0.6) is 0 Å². The minimum atomic E-state index is -3.19. The molecule has 9 heteroatoms. The van der Waals surface area contributed by atoms with E-state index < -0.39 is 10.0 Å². The predicted molar refractivity (Wildman–Crippen MR) is 112 cm³/mol. The van der Waals surface area contributed by atoms with E-state index >= 15 is 0 Å². The van der Waals surface area contributed by atoms with Gasteiger partial charge in [0.15, 0.2) is 5.65 Å². The minimum Gasteiger partial charge on any atom is -0.343 e. The Bertz CT molecular complexity index is 1010. The van der Waals surface area contributed by atoms with Crippen molar-refractivity contribution in [3.8, 4) is 0 Å². The summed E-state index contributed by atoms with van der Waals surface area (Å²) >= 11 is 0. The van der Waals surface area contributed by atoms with Crippen LogP contribution < -0.4 is 0 Å². The third-order valence-electron chi connectivity index (χ3n) is 6.01. The molecule has 1 aliphatic heterocycles. The molecule has 2 aromatic rings. The minimum absolute atomic E-state index is 0.0249. The first-order chi connectivity index (χ1) is 13.6. The van der Waals surface area contributed by atoms with Crippen LogP contribution >= 0.6 is 0 Å². The Balaban J connectivity index is 1.61. The van der Waals surface area contributed by atoms with Crippen LogP contribution in [0.1, 0.15) is 48.8 Å². The van der Waals surface area contributed by atoms with E-state index in [9.17, 15) is 13.2 Å². The van der Waals surface area contributed by atoms with Crippen LogP contribution in [0.2, 0.25) is 0 Å². The second-order valence-electron chi connectivity index (χ2n) is 7.85. The fourth-order valence-corrected chi connectivity index (χ4v) is 5.18. The summed E-state index contributed by atoms with van der Waals surface area (Å²) in [4.78, 5) is 19.2. The van der Waals surface area contributed by atoms with Gasteiger partial charge in [0.1, 0.15) is 0 Å². The lowest BCUT2D eigenvalue weighted by Crippen LogP contribution is -2.47. The Morgan fingerprint density at radius 3 is 2.52 bits per heavy atom. The number of fused-ring (bicyclic) bond motifs is 1. The lowest BCUT2D eigenvalue weighted by atomic mass is 10.0. The summed E-state index contributed by atoms with van der Waals surface area (Å²) in [7, 11) is -1.55. The molecule has 29 heavy (non-hydrogen) atoms. The molecule has 2 aromatic heterocycles. The largest absolute Gasteiger partial charge is 0.343 e. The van der Waals surface area contributed by atoms with E-state index in [-0.39, 0.29) is 17.7 Å². The third-order valence-corrected chi connectivity index (χ3v) is 7.92. The van der Waals surface area contributed by atoms with Gasteiger partial charge in [-0.25, -0.2) is 22.2 Å². The zero-order valence-electron chi connectivity index (χ0n) is 18.0. The summed E-state index contributed by atoms with van der Waals surface area (Å²) in [6, 6.07) is 1.93. The van der Waals surface area contributed by atoms with Gasteiger partial charge in [-0.05, 0) is 52.5 Å². The van der Waals surface area contributed by atoms with Crippen molar-refractivity contribution in [3.63, 3.8) is 0 Å². The van der Waals surface area contributed by atoms with Crippen molar-refractivity contribution in [2.75, 3.05) is 25.9 Å². The molecule has 1 amide bonds. The molecule has 0 atom stereocenters. The number of carbonyl (C=O) groups is 1. The number of rotatable bonds is 6. The highest BCUT2D eigenvalue weighted by atomic mass is 32.2. The maximum Gasteiger partial charge on any atom is 0.222 e. The SMILES string of the molecule is CCS(=O)(=O)N(C)C1CCN(C(=O)CCc2c(C)nc3cc(C)nn3c2C)CC1. The van der Waals surface area contributed by atoms with Gasteiger partial charge in [0, 0.05) is 50.1 Å². The zero-order valence-corrected chi connectivity index (χ0v) is 18.8. The molecular formula is C20H31N5O3S. The fraction of sp³-hybridized carbons (Fsp3) is 0.650. The molecule has 160 valence electrons.